The van der Waals surface area contributed by atoms with Gasteiger partial charge in [0, 0.05) is 23.0 Å². The Balaban J connectivity index is 1.81. The standard InChI is InChI=1S/C21H21N5/c1-13-6-5-7-17(9-13)20-24-21-22-16(4)12-19(26(21)25-20)23-18-10-14(2)8-15(3)11-18/h5-12,23H,1-4H3. The third-order valence-corrected chi connectivity index (χ3v) is 4.21. The second-order valence-corrected chi connectivity index (χ2v) is 6.80. The predicted molar refractivity (Wildman–Crippen MR) is 105 cm³/mol. The molecule has 26 heavy (non-hydrogen) atoms. The average molecular weight is 343 g/mol. The number of hydrogen-bond donors (Lipinski definition) is 1. The average Bonchev–Trinajstić information content (AvgIpc) is 2.98. The van der Waals surface area contributed by atoms with Gasteiger partial charge in [-0.2, -0.15) is 9.50 Å². The van der Waals surface area contributed by atoms with Crippen molar-refractivity contribution in [3.63, 3.8) is 0 Å². The van der Waals surface area contributed by atoms with Gasteiger partial charge in [0.05, 0.1) is 0 Å². The molecular formula is C21H21N5. The highest BCUT2D eigenvalue weighted by Gasteiger charge is 2.12. The van der Waals surface area contributed by atoms with Crippen molar-refractivity contribution in [2.45, 2.75) is 27.7 Å². The van der Waals surface area contributed by atoms with Crippen molar-refractivity contribution in [2.75, 3.05) is 5.32 Å². The summed E-state index contributed by atoms with van der Waals surface area (Å²) in [5, 5.41) is 8.15. The number of fused-ring (bicyclic) bond motifs is 1. The molecule has 1 N–H and O–H groups in total. The van der Waals surface area contributed by atoms with Crippen molar-refractivity contribution in [1.29, 1.82) is 0 Å². The molecule has 0 unspecified atom stereocenters. The summed E-state index contributed by atoms with van der Waals surface area (Å²) in [6, 6.07) is 16.6. The van der Waals surface area contributed by atoms with Crippen molar-refractivity contribution in [2.24, 2.45) is 0 Å². The fourth-order valence-corrected chi connectivity index (χ4v) is 3.18. The van der Waals surface area contributed by atoms with E-state index in [1.807, 2.05) is 25.1 Å². The Labute approximate surface area is 152 Å². The van der Waals surface area contributed by atoms with Crippen molar-refractivity contribution in [3.8, 4) is 11.4 Å². The lowest BCUT2D eigenvalue weighted by molar-refractivity contribution is 0.940. The molecule has 2 aromatic carbocycles. The van der Waals surface area contributed by atoms with Gasteiger partial charge in [-0.1, -0.05) is 29.8 Å². The largest absolute Gasteiger partial charge is 0.340 e. The van der Waals surface area contributed by atoms with E-state index < -0.39 is 0 Å². The third kappa shape index (κ3) is 3.16. The summed E-state index contributed by atoms with van der Waals surface area (Å²) in [5.74, 6) is 2.12. The van der Waals surface area contributed by atoms with Crippen molar-refractivity contribution in [1.82, 2.24) is 19.6 Å². The highest BCUT2D eigenvalue weighted by molar-refractivity contribution is 5.63. The first-order chi connectivity index (χ1) is 12.5. The number of benzene rings is 2. The molecule has 4 rings (SSSR count). The molecule has 0 amide bonds. The van der Waals surface area contributed by atoms with Crippen LogP contribution in [-0.4, -0.2) is 19.6 Å². The van der Waals surface area contributed by atoms with E-state index in [9.17, 15) is 0 Å². The van der Waals surface area contributed by atoms with Gasteiger partial charge in [-0.15, -0.1) is 5.10 Å². The number of anilines is 2. The number of aryl methyl sites for hydroxylation is 4. The van der Waals surface area contributed by atoms with Crippen LogP contribution in [0.2, 0.25) is 0 Å². The van der Waals surface area contributed by atoms with Crippen LogP contribution in [0.5, 0.6) is 0 Å². The van der Waals surface area contributed by atoms with E-state index in [-0.39, 0.29) is 0 Å². The second-order valence-electron chi connectivity index (χ2n) is 6.80. The molecule has 0 radical (unpaired) electrons. The van der Waals surface area contributed by atoms with E-state index in [0.717, 1.165) is 22.8 Å². The molecule has 0 aliphatic rings. The zero-order valence-electron chi connectivity index (χ0n) is 15.4. The van der Waals surface area contributed by atoms with E-state index >= 15 is 0 Å². The molecule has 2 aromatic heterocycles. The molecule has 0 saturated heterocycles. The number of nitrogens with one attached hydrogen (secondary N) is 1. The fourth-order valence-electron chi connectivity index (χ4n) is 3.18. The Bertz CT molecular complexity index is 1090. The molecule has 0 aliphatic heterocycles. The second kappa shape index (κ2) is 6.26. The van der Waals surface area contributed by atoms with Crippen LogP contribution in [-0.2, 0) is 0 Å². The first-order valence-corrected chi connectivity index (χ1v) is 8.65. The maximum Gasteiger partial charge on any atom is 0.254 e. The lowest BCUT2D eigenvalue weighted by Gasteiger charge is -2.10. The topological polar surface area (TPSA) is 55.1 Å². The monoisotopic (exact) mass is 343 g/mol. The minimum Gasteiger partial charge on any atom is -0.340 e. The summed E-state index contributed by atoms with van der Waals surface area (Å²) < 4.78 is 1.77. The lowest BCUT2D eigenvalue weighted by atomic mass is 10.1. The van der Waals surface area contributed by atoms with Gasteiger partial charge >= 0.3 is 0 Å². The molecule has 5 heteroatoms. The first-order valence-electron chi connectivity index (χ1n) is 8.65. The van der Waals surface area contributed by atoms with Gasteiger partial charge in [0.2, 0.25) is 0 Å². The predicted octanol–water partition coefficient (Wildman–Crippen LogP) is 4.77. The maximum atomic E-state index is 4.69. The van der Waals surface area contributed by atoms with Crippen LogP contribution in [0.1, 0.15) is 22.4 Å². The molecule has 0 saturated carbocycles. The van der Waals surface area contributed by atoms with E-state index in [4.69, 9.17) is 0 Å². The molecule has 0 fully saturated rings. The summed E-state index contributed by atoms with van der Waals surface area (Å²) in [6.07, 6.45) is 0. The third-order valence-electron chi connectivity index (χ3n) is 4.21. The Morgan fingerprint density at radius 1 is 0.808 bits per heavy atom. The summed E-state index contributed by atoms with van der Waals surface area (Å²) in [5.41, 5.74) is 6.53. The number of hydrogen-bond acceptors (Lipinski definition) is 4. The zero-order chi connectivity index (χ0) is 18.3. The summed E-state index contributed by atoms with van der Waals surface area (Å²) in [7, 11) is 0. The molecule has 5 nitrogen and oxygen atoms in total. The first kappa shape index (κ1) is 16.3. The molecule has 0 atom stereocenters. The quantitative estimate of drug-likeness (QED) is 0.582. The van der Waals surface area contributed by atoms with Crippen LogP contribution in [0, 0.1) is 27.7 Å². The van der Waals surface area contributed by atoms with Gasteiger partial charge in [-0.05, 0) is 57.0 Å². The van der Waals surface area contributed by atoms with E-state index in [2.05, 4.69) is 71.5 Å². The maximum absolute atomic E-state index is 4.69. The zero-order valence-corrected chi connectivity index (χ0v) is 15.4. The molecule has 0 aliphatic carbocycles. The van der Waals surface area contributed by atoms with Gasteiger partial charge in [0.25, 0.3) is 5.78 Å². The Morgan fingerprint density at radius 3 is 2.31 bits per heavy atom. The van der Waals surface area contributed by atoms with Crippen LogP contribution in [0.25, 0.3) is 17.2 Å². The Kier molecular flexibility index (Phi) is 3.92. The van der Waals surface area contributed by atoms with Gasteiger partial charge in [0.15, 0.2) is 5.82 Å². The van der Waals surface area contributed by atoms with Crippen LogP contribution in [0.4, 0.5) is 11.5 Å². The number of aromatic nitrogens is 4. The normalized spacial score (nSPS) is 11.1. The highest BCUT2D eigenvalue weighted by atomic mass is 15.4. The van der Waals surface area contributed by atoms with E-state index in [0.29, 0.717) is 11.6 Å². The molecule has 4 aromatic rings. The fraction of sp³-hybridized carbons (Fsp3) is 0.190. The van der Waals surface area contributed by atoms with Crippen LogP contribution < -0.4 is 5.32 Å². The molecule has 0 spiro atoms. The summed E-state index contributed by atoms with van der Waals surface area (Å²) >= 11 is 0. The molecule has 2 heterocycles. The van der Waals surface area contributed by atoms with E-state index in [1.54, 1.807) is 4.52 Å². The van der Waals surface area contributed by atoms with Crippen LogP contribution in [0.15, 0.2) is 48.5 Å². The molecule has 0 bridgehead atoms. The van der Waals surface area contributed by atoms with Gasteiger partial charge in [-0.3, -0.25) is 0 Å². The summed E-state index contributed by atoms with van der Waals surface area (Å²) in [4.78, 5) is 9.15. The number of rotatable bonds is 3. The Morgan fingerprint density at radius 2 is 1.58 bits per heavy atom. The number of nitrogens with zero attached hydrogens (tertiary/aromatic N) is 4. The van der Waals surface area contributed by atoms with Crippen LogP contribution >= 0.6 is 0 Å². The molecular weight excluding hydrogens is 322 g/mol. The van der Waals surface area contributed by atoms with Gasteiger partial charge in [0.1, 0.15) is 5.82 Å². The Hall–Kier alpha value is -3.21. The van der Waals surface area contributed by atoms with Crippen molar-refractivity contribution >= 4 is 17.3 Å². The van der Waals surface area contributed by atoms with Gasteiger partial charge in [-0.25, -0.2) is 4.98 Å². The van der Waals surface area contributed by atoms with E-state index in [1.165, 1.54) is 16.7 Å². The smallest absolute Gasteiger partial charge is 0.254 e. The SMILES string of the molecule is Cc1cc(C)cc(Nc2cc(C)nc3nc(-c4cccc(C)c4)nn23)c1. The summed E-state index contributed by atoms with van der Waals surface area (Å²) in [6.45, 7) is 8.22. The van der Waals surface area contributed by atoms with Crippen molar-refractivity contribution in [3.05, 3.63) is 70.9 Å². The lowest BCUT2D eigenvalue weighted by Crippen LogP contribution is -2.03. The van der Waals surface area contributed by atoms with Gasteiger partial charge < -0.3 is 5.32 Å². The highest BCUT2D eigenvalue weighted by Crippen LogP contribution is 2.23. The van der Waals surface area contributed by atoms with Crippen LogP contribution in [0.3, 0.4) is 0 Å². The van der Waals surface area contributed by atoms with Crippen molar-refractivity contribution < 1.29 is 0 Å². The minimum atomic E-state index is 0.591. The minimum absolute atomic E-state index is 0.591. The molecule has 130 valence electrons.